The molecule has 0 aliphatic carbocycles. The SMILES string of the molecule is CCCCCOC(=O)c1ccc2c(c1)C(=O)N(c1ccc(OC)cc1)C2=O. The van der Waals surface area contributed by atoms with E-state index in [0.29, 0.717) is 18.0 Å². The van der Waals surface area contributed by atoms with Gasteiger partial charge in [-0.3, -0.25) is 9.59 Å². The van der Waals surface area contributed by atoms with Crippen molar-refractivity contribution in [2.45, 2.75) is 26.2 Å². The van der Waals surface area contributed by atoms with Crippen LogP contribution in [0.3, 0.4) is 0 Å². The van der Waals surface area contributed by atoms with Crippen LogP contribution in [0.25, 0.3) is 0 Å². The average Bonchev–Trinajstić information content (AvgIpc) is 2.95. The van der Waals surface area contributed by atoms with Crippen LogP contribution in [-0.4, -0.2) is 31.5 Å². The van der Waals surface area contributed by atoms with Gasteiger partial charge in [0.2, 0.25) is 0 Å². The second kappa shape index (κ2) is 8.03. The van der Waals surface area contributed by atoms with Crippen LogP contribution in [0.15, 0.2) is 42.5 Å². The predicted octanol–water partition coefficient (Wildman–Crippen LogP) is 3.84. The lowest BCUT2D eigenvalue weighted by molar-refractivity contribution is 0.0498. The van der Waals surface area contributed by atoms with Crippen molar-refractivity contribution in [3.05, 3.63) is 59.2 Å². The number of fused-ring (bicyclic) bond motifs is 1. The van der Waals surface area contributed by atoms with Crippen molar-refractivity contribution in [2.24, 2.45) is 0 Å². The summed E-state index contributed by atoms with van der Waals surface area (Å²) < 4.78 is 10.3. The summed E-state index contributed by atoms with van der Waals surface area (Å²) in [6.07, 6.45) is 2.82. The highest BCUT2D eigenvalue weighted by molar-refractivity contribution is 6.34. The minimum absolute atomic E-state index is 0.207. The first-order valence-corrected chi connectivity index (χ1v) is 8.90. The summed E-state index contributed by atoms with van der Waals surface area (Å²) in [4.78, 5) is 38.7. The van der Waals surface area contributed by atoms with Crippen LogP contribution >= 0.6 is 0 Å². The first-order chi connectivity index (χ1) is 13.1. The molecule has 3 rings (SSSR count). The lowest BCUT2D eigenvalue weighted by atomic mass is 10.1. The number of hydrogen-bond donors (Lipinski definition) is 0. The molecule has 2 aromatic carbocycles. The quantitative estimate of drug-likeness (QED) is 0.422. The maximum Gasteiger partial charge on any atom is 0.338 e. The molecular formula is C21H21NO5. The zero-order valence-electron chi connectivity index (χ0n) is 15.4. The number of unbranched alkanes of at least 4 members (excludes halogenated alkanes) is 2. The molecule has 6 heteroatoms. The van der Waals surface area contributed by atoms with Gasteiger partial charge in [-0.2, -0.15) is 0 Å². The highest BCUT2D eigenvalue weighted by atomic mass is 16.5. The first-order valence-electron chi connectivity index (χ1n) is 8.90. The Kier molecular flexibility index (Phi) is 5.54. The van der Waals surface area contributed by atoms with E-state index in [9.17, 15) is 14.4 Å². The fourth-order valence-electron chi connectivity index (χ4n) is 2.93. The minimum Gasteiger partial charge on any atom is -0.497 e. The number of benzene rings is 2. The summed E-state index contributed by atoms with van der Waals surface area (Å²) in [5, 5.41) is 0. The molecule has 0 saturated carbocycles. The molecule has 0 N–H and O–H groups in total. The second-order valence-electron chi connectivity index (χ2n) is 6.25. The monoisotopic (exact) mass is 367 g/mol. The molecule has 1 heterocycles. The second-order valence-corrected chi connectivity index (χ2v) is 6.25. The fourth-order valence-corrected chi connectivity index (χ4v) is 2.93. The number of nitrogens with zero attached hydrogens (tertiary/aromatic N) is 1. The molecule has 0 unspecified atom stereocenters. The zero-order chi connectivity index (χ0) is 19.4. The molecule has 0 atom stereocenters. The van der Waals surface area contributed by atoms with Gasteiger partial charge in [-0.05, 0) is 48.9 Å². The van der Waals surface area contributed by atoms with E-state index in [2.05, 4.69) is 6.92 Å². The van der Waals surface area contributed by atoms with Crippen LogP contribution in [0.5, 0.6) is 5.75 Å². The number of ether oxygens (including phenoxy) is 2. The molecule has 0 radical (unpaired) electrons. The maximum atomic E-state index is 12.8. The van der Waals surface area contributed by atoms with E-state index in [1.165, 1.54) is 18.2 Å². The molecule has 2 aromatic rings. The van der Waals surface area contributed by atoms with Crippen molar-refractivity contribution in [1.82, 2.24) is 0 Å². The molecule has 0 spiro atoms. The van der Waals surface area contributed by atoms with E-state index < -0.39 is 17.8 Å². The minimum atomic E-state index is -0.489. The first kappa shape index (κ1) is 18.6. The van der Waals surface area contributed by atoms with Crippen molar-refractivity contribution in [2.75, 3.05) is 18.6 Å². The van der Waals surface area contributed by atoms with Gasteiger partial charge in [-0.25, -0.2) is 9.69 Å². The normalized spacial score (nSPS) is 12.9. The highest BCUT2D eigenvalue weighted by Crippen LogP contribution is 2.30. The molecular weight excluding hydrogens is 346 g/mol. The Labute approximate surface area is 157 Å². The molecule has 0 saturated heterocycles. The van der Waals surface area contributed by atoms with Crippen molar-refractivity contribution in [1.29, 1.82) is 0 Å². The Morgan fingerprint density at radius 3 is 2.33 bits per heavy atom. The van der Waals surface area contributed by atoms with Gasteiger partial charge >= 0.3 is 5.97 Å². The van der Waals surface area contributed by atoms with E-state index in [1.54, 1.807) is 31.4 Å². The number of esters is 1. The van der Waals surface area contributed by atoms with Crippen LogP contribution in [0.4, 0.5) is 5.69 Å². The number of amides is 2. The van der Waals surface area contributed by atoms with Crippen LogP contribution in [-0.2, 0) is 4.74 Å². The number of imide groups is 1. The topological polar surface area (TPSA) is 72.9 Å². The summed E-state index contributed by atoms with van der Waals surface area (Å²) in [7, 11) is 1.54. The number of methoxy groups -OCH3 is 1. The molecule has 6 nitrogen and oxygen atoms in total. The Balaban J connectivity index is 1.80. The molecule has 0 fully saturated rings. The summed E-state index contributed by atoms with van der Waals surface area (Å²) in [5.41, 5.74) is 1.20. The Bertz CT molecular complexity index is 873. The molecule has 2 amide bonds. The summed E-state index contributed by atoms with van der Waals surface area (Å²) in [6, 6.07) is 11.1. The van der Waals surface area contributed by atoms with Gasteiger partial charge in [0.15, 0.2) is 0 Å². The predicted molar refractivity (Wildman–Crippen MR) is 100 cm³/mol. The van der Waals surface area contributed by atoms with Gasteiger partial charge in [0.05, 0.1) is 36.1 Å². The average molecular weight is 367 g/mol. The van der Waals surface area contributed by atoms with Gasteiger partial charge < -0.3 is 9.47 Å². The van der Waals surface area contributed by atoms with E-state index in [4.69, 9.17) is 9.47 Å². The number of carbonyl (C=O) groups is 3. The molecule has 0 bridgehead atoms. The van der Waals surface area contributed by atoms with Crippen LogP contribution in [0, 0.1) is 0 Å². The van der Waals surface area contributed by atoms with E-state index in [-0.39, 0.29) is 16.7 Å². The largest absolute Gasteiger partial charge is 0.497 e. The third-order valence-corrected chi connectivity index (χ3v) is 4.43. The third kappa shape index (κ3) is 3.69. The molecule has 27 heavy (non-hydrogen) atoms. The Morgan fingerprint density at radius 1 is 0.963 bits per heavy atom. The molecule has 1 aliphatic heterocycles. The van der Waals surface area contributed by atoms with Gasteiger partial charge in [0.25, 0.3) is 11.8 Å². The molecule has 1 aliphatic rings. The summed E-state index contributed by atoms with van der Waals surface area (Å²) >= 11 is 0. The maximum absolute atomic E-state index is 12.8. The number of rotatable bonds is 7. The zero-order valence-corrected chi connectivity index (χ0v) is 15.4. The number of anilines is 1. The lowest BCUT2D eigenvalue weighted by Gasteiger charge is -2.14. The van der Waals surface area contributed by atoms with Crippen LogP contribution < -0.4 is 9.64 Å². The van der Waals surface area contributed by atoms with E-state index in [1.807, 2.05) is 0 Å². The van der Waals surface area contributed by atoms with Crippen molar-refractivity contribution in [3.8, 4) is 5.75 Å². The third-order valence-electron chi connectivity index (χ3n) is 4.43. The Morgan fingerprint density at radius 2 is 1.67 bits per heavy atom. The number of hydrogen-bond acceptors (Lipinski definition) is 5. The Hall–Kier alpha value is -3.15. The van der Waals surface area contributed by atoms with Crippen LogP contribution in [0.1, 0.15) is 57.3 Å². The summed E-state index contributed by atoms with van der Waals surface area (Å²) in [6.45, 7) is 2.41. The smallest absolute Gasteiger partial charge is 0.338 e. The van der Waals surface area contributed by atoms with E-state index >= 15 is 0 Å². The van der Waals surface area contributed by atoms with Gasteiger partial charge in [0.1, 0.15) is 5.75 Å². The van der Waals surface area contributed by atoms with E-state index in [0.717, 1.165) is 24.2 Å². The summed E-state index contributed by atoms with van der Waals surface area (Å²) in [5.74, 6) is -0.732. The van der Waals surface area contributed by atoms with Crippen LogP contribution in [0.2, 0.25) is 0 Å². The number of carbonyl (C=O) groups excluding carboxylic acids is 3. The highest BCUT2D eigenvalue weighted by Gasteiger charge is 2.37. The standard InChI is InChI=1S/C21H21NO5/c1-3-4-5-12-27-21(25)14-6-11-17-18(13-14)20(24)22(19(17)23)15-7-9-16(26-2)10-8-15/h6-11,13H,3-5,12H2,1-2H3. The van der Waals surface area contributed by atoms with Crippen molar-refractivity contribution in [3.63, 3.8) is 0 Å². The molecule has 140 valence electrons. The van der Waals surface area contributed by atoms with Gasteiger partial charge in [0, 0.05) is 0 Å². The van der Waals surface area contributed by atoms with Crippen molar-refractivity contribution >= 4 is 23.5 Å². The van der Waals surface area contributed by atoms with Crippen molar-refractivity contribution < 1.29 is 23.9 Å². The molecule has 0 aromatic heterocycles. The lowest BCUT2D eigenvalue weighted by Crippen LogP contribution is -2.29. The van der Waals surface area contributed by atoms with Gasteiger partial charge in [-0.15, -0.1) is 0 Å². The van der Waals surface area contributed by atoms with Gasteiger partial charge in [-0.1, -0.05) is 19.8 Å². The fraction of sp³-hybridized carbons (Fsp3) is 0.286.